The first-order valence-corrected chi connectivity index (χ1v) is 7.18. The Morgan fingerprint density at radius 1 is 1.58 bits per heavy atom. The molecule has 1 aromatic heterocycles. The molecule has 1 saturated heterocycles. The molecule has 1 aliphatic heterocycles. The maximum atomic E-state index is 11.2. The predicted octanol–water partition coefficient (Wildman–Crippen LogP) is 2.98. The summed E-state index contributed by atoms with van der Waals surface area (Å²) in [4.78, 5) is 17.6. The quantitative estimate of drug-likeness (QED) is 0.829. The molecule has 0 saturated carbocycles. The molecule has 1 fully saturated rings. The summed E-state index contributed by atoms with van der Waals surface area (Å²) in [5, 5.41) is 3.45. The van der Waals surface area contributed by atoms with Gasteiger partial charge in [-0.15, -0.1) is 0 Å². The molecule has 0 aromatic carbocycles. The summed E-state index contributed by atoms with van der Waals surface area (Å²) in [6.07, 6.45) is 7.14. The summed E-state index contributed by atoms with van der Waals surface area (Å²) in [6.45, 7) is 5.15. The Bertz CT molecular complexity index is 422. The van der Waals surface area contributed by atoms with Crippen molar-refractivity contribution in [2.24, 2.45) is 0 Å². The van der Waals surface area contributed by atoms with E-state index in [0.717, 1.165) is 43.6 Å². The number of pyridine rings is 1. The third-order valence-corrected chi connectivity index (χ3v) is 3.87. The minimum Gasteiger partial charge on any atom is -0.367 e. The Hall–Kier alpha value is -1.58. The van der Waals surface area contributed by atoms with Gasteiger partial charge in [-0.25, -0.2) is 4.98 Å². The smallest absolute Gasteiger partial charge is 0.210 e. The Morgan fingerprint density at radius 3 is 3.16 bits per heavy atom. The molecule has 1 aliphatic rings. The molecule has 0 bridgehead atoms. The van der Waals surface area contributed by atoms with Crippen LogP contribution in [0.15, 0.2) is 18.3 Å². The molecule has 0 spiro atoms. The van der Waals surface area contributed by atoms with Gasteiger partial charge in [0.25, 0.3) is 0 Å². The van der Waals surface area contributed by atoms with E-state index in [0.29, 0.717) is 6.04 Å². The zero-order valence-corrected chi connectivity index (χ0v) is 11.8. The summed E-state index contributed by atoms with van der Waals surface area (Å²) in [6, 6.07) is 4.60. The highest BCUT2D eigenvalue weighted by Crippen LogP contribution is 2.33. The second kappa shape index (κ2) is 6.55. The number of likely N-dealkylation sites (tertiary alicyclic amines) is 1. The second-order valence-electron chi connectivity index (χ2n) is 5.25. The fourth-order valence-electron chi connectivity index (χ4n) is 2.56. The van der Waals surface area contributed by atoms with Crippen LogP contribution >= 0.6 is 0 Å². The van der Waals surface area contributed by atoms with E-state index in [1.807, 2.05) is 17.2 Å². The van der Waals surface area contributed by atoms with E-state index in [1.165, 1.54) is 6.42 Å². The molecule has 2 rings (SSSR count). The average Bonchev–Trinajstić information content (AvgIpc) is 2.47. The number of aromatic nitrogens is 1. The molecule has 0 radical (unpaired) electrons. The standard InChI is InChI=1S/C15H23N3O/c1-3-12(2)17-15-13(7-6-9-16-15)14-8-4-5-10-18(14)11-19/h6-7,9,11-12,14H,3-5,8,10H2,1-2H3,(H,16,17)/t12-,14-/m1/s1. The van der Waals surface area contributed by atoms with Crippen LogP contribution in [0.4, 0.5) is 5.82 Å². The van der Waals surface area contributed by atoms with E-state index in [9.17, 15) is 4.79 Å². The van der Waals surface area contributed by atoms with E-state index < -0.39 is 0 Å². The Kier molecular flexibility index (Phi) is 4.77. The Labute approximate surface area is 115 Å². The zero-order chi connectivity index (χ0) is 13.7. The molecule has 2 atom stereocenters. The van der Waals surface area contributed by atoms with Gasteiger partial charge in [-0.1, -0.05) is 13.0 Å². The van der Waals surface area contributed by atoms with Crippen LogP contribution in [0.2, 0.25) is 0 Å². The van der Waals surface area contributed by atoms with Crippen LogP contribution in [0.3, 0.4) is 0 Å². The minimum absolute atomic E-state index is 0.173. The summed E-state index contributed by atoms with van der Waals surface area (Å²) >= 11 is 0. The summed E-state index contributed by atoms with van der Waals surface area (Å²) in [5.41, 5.74) is 1.15. The van der Waals surface area contributed by atoms with E-state index in [-0.39, 0.29) is 6.04 Å². The molecule has 0 unspecified atom stereocenters. The highest BCUT2D eigenvalue weighted by atomic mass is 16.1. The molecule has 1 N–H and O–H groups in total. The first-order valence-electron chi connectivity index (χ1n) is 7.18. The highest BCUT2D eigenvalue weighted by molar-refractivity contribution is 5.53. The van der Waals surface area contributed by atoms with Crippen molar-refractivity contribution in [2.75, 3.05) is 11.9 Å². The highest BCUT2D eigenvalue weighted by Gasteiger charge is 2.25. The van der Waals surface area contributed by atoms with Gasteiger partial charge in [0, 0.05) is 24.3 Å². The van der Waals surface area contributed by atoms with Crippen molar-refractivity contribution in [3.63, 3.8) is 0 Å². The van der Waals surface area contributed by atoms with Crippen molar-refractivity contribution in [1.29, 1.82) is 0 Å². The third kappa shape index (κ3) is 3.25. The van der Waals surface area contributed by atoms with Crippen LogP contribution in [0, 0.1) is 0 Å². The number of nitrogens with one attached hydrogen (secondary N) is 1. The molecule has 104 valence electrons. The van der Waals surface area contributed by atoms with Crippen LogP contribution in [0.1, 0.15) is 51.1 Å². The molecule has 1 aromatic rings. The molecular formula is C15H23N3O. The lowest BCUT2D eigenvalue weighted by atomic mass is 9.96. The lowest BCUT2D eigenvalue weighted by molar-refractivity contribution is -0.121. The van der Waals surface area contributed by atoms with Crippen molar-refractivity contribution in [2.45, 2.75) is 51.6 Å². The number of hydrogen-bond donors (Lipinski definition) is 1. The second-order valence-corrected chi connectivity index (χ2v) is 5.25. The normalized spacial score (nSPS) is 20.9. The first-order chi connectivity index (χ1) is 9.26. The number of carbonyl (C=O) groups excluding carboxylic acids is 1. The fraction of sp³-hybridized carbons (Fsp3) is 0.600. The van der Waals surface area contributed by atoms with Gasteiger partial charge < -0.3 is 10.2 Å². The third-order valence-electron chi connectivity index (χ3n) is 3.87. The van der Waals surface area contributed by atoms with E-state index in [4.69, 9.17) is 0 Å². The maximum absolute atomic E-state index is 11.2. The van der Waals surface area contributed by atoms with Gasteiger partial charge >= 0.3 is 0 Å². The lowest BCUT2D eigenvalue weighted by Gasteiger charge is -2.34. The molecule has 4 nitrogen and oxygen atoms in total. The largest absolute Gasteiger partial charge is 0.367 e. The molecule has 2 heterocycles. The number of amides is 1. The van der Waals surface area contributed by atoms with Gasteiger partial charge in [0.2, 0.25) is 6.41 Å². The van der Waals surface area contributed by atoms with Gasteiger partial charge in [0.1, 0.15) is 5.82 Å². The van der Waals surface area contributed by atoms with Gasteiger partial charge in [-0.2, -0.15) is 0 Å². The first kappa shape index (κ1) is 13.8. The monoisotopic (exact) mass is 261 g/mol. The maximum Gasteiger partial charge on any atom is 0.210 e. The van der Waals surface area contributed by atoms with Gasteiger partial charge in [-0.05, 0) is 38.7 Å². The van der Waals surface area contributed by atoms with Gasteiger partial charge in [-0.3, -0.25) is 4.79 Å². The summed E-state index contributed by atoms with van der Waals surface area (Å²) in [5.74, 6) is 0.926. The number of hydrogen-bond acceptors (Lipinski definition) is 3. The van der Waals surface area contributed by atoms with Crippen molar-refractivity contribution >= 4 is 12.2 Å². The van der Waals surface area contributed by atoms with Crippen LogP contribution < -0.4 is 5.32 Å². The van der Waals surface area contributed by atoms with Crippen molar-refractivity contribution in [1.82, 2.24) is 9.88 Å². The SMILES string of the molecule is CC[C@@H](C)Nc1ncccc1[C@H]1CCCCN1C=O. The Balaban J connectivity index is 2.24. The number of anilines is 1. The zero-order valence-electron chi connectivity index (χ0n) is 11.8. The van der Waals surface area contributed by atoms with Crippen LogP contribution in [0.5, 0.6) is 0 Å². The number of nitrogens with zero attached hydrogens (tertiary/aromatic N) is 2. The number of piperidine rings is 1. The summed E-state index contributed by atoms with van der Waals surface area (Å²) in [7, 11) is 0. The van der Waals surface area contributed by atoms with E-state index in [2.05, 4.69) is 30.2 Å². The lowest BCUT2D eigenvalue weighted by Crippen LogP contribution is -2.33. The van der Waals surface area contributed by atoms with Crippen LogP contribution in [-0.2, 0) is 4.79 Å². The van der Waals surface area contributed by atoms with Gasteiger partial charge in [0.05, 0.1) is 6.04 Å². The van der Waals surface area contributed by atoms with Gasteiger partial charge in [0.15, 0.2) is 0 Å². The summed E-state index contributed by atoms with van der Waals surface area (Å²) < 4.78 is 0. The topological polar surface area (TPSA) is 45.2 Å². The molecular weight excluding hydrogens is 238 g/mol. The fourth-order valence-corrected chi connectivity index (χ4v) is 2.56. The van der Waals surface area contributed by atoms with E-state index >= 15 is 0 Å². The number of rotatable bonds is 5. The molecule has 1 amide bonds. The van der Waals surface area contributed by atoms with Crippen molar-refractivity contribution < 1.29 is 4.79 Å². The van der Waals surface area contributed by atoms with Crippen molar-refractivity contribution in [3.8, 4) is 0 Å². The molecule has 4 heteroatoms. The predicted molar refractivity (Wildman–Crippen MR) is 77.0 cm³/mol. The van der Waals surface area contributed by atoms with Crippen LogP contribution in [0.25, 0.3) is 0 Å². The van der Waals surface area contributed by atoms with E-state index in [1.54, 1.807) is 0 Å². The van der Waals surface area contributed by atoms with Crippen LogP contribution in [-0.4, -0.2) is 28.9 Å². The Morgan fingerprint density at radius 2 is 2.42 bits per heavy atom. The minimum atomic E-state index is 0.173. The van der Waals surface area contributed by atoms with Crippen molar-refractivity contribution in [3.05, 3.63) is 23.9 Å². The molecule has 19 heavy (non-hydrogen) atoms. The molecule has 0 aliphatic carbocycles. The number of carbonyl (C=O) groups is 1. The average molecular weight is 261 g/mol.